The summed E-state index contributed by atoms with van der Waals surface area (Å²) in [4.78, 5) is 12.6. The molecule has 1 heterocycles. The van der Waals surface area contributed by atoms with E-state index in [0.29, 0.717) is 11.3 Å². The second kappa shape index (κ2) is 5.35. The summed E-state index contributed by atoms with van der Waals surface area (Å²) in [6.45, 7) is 1.45. The van der Waals surface area contributed by atoms with Crippen LogP contribution in [0.4, 0.5) is 10.1 Å². The number of aromatic amines is 1. The number of H-pyrrole nitrogens is 1. The Morgan fingerprint density at radius 2 is 2.15 bits per heavy atom. The zero-order valence-electron chi connectivity index (χ0n) is 10.4. The highest BCUT2D eigenvalue weighted by Crippen LogP contribution is 2.21. The number of rotatable bonds is 4. The summed E-state index contributed by atoms with van der Waals surface area (Å²) in [7, 11) is -4.04. The van der Waals surface area contributed by atoms with Crippen LogP contribution in [0.2, 0.25) is 0 Å². The average Bonchev–Trinajstić information content (AvgIpc) is 2.77. The molecule has 2 aromatic rings. The number of sulfonamides is 1. The summed E-state index contributed by atoms with van der Waals surface area (Å²) >= 11 is 0.918. The second-order valence-electron chi connectivity index (χ2n) is 4.14. The number of nitrogens with one attached hydrogen (secondary N) is 2. The largest absolute Gasteiger partial charge is 0.398 e. The molecule has 0 atom stereocenters. The smallest absolute Gasteiger partial charge is 0.304 e. The lowest BCUT2D eigenvalue weighted by Gasteiger charge is -2.09. The van der Waals surface area contributed by atoms with Crippen LogP contribution in [0.3, 0.4) is 0 Å². The lowest BCUT2D eigenvalue weighted by molar-refractivity contribution is 0.556. The van der Waals surface area contributed by atoms with Gasteiger partial charge in [-0.1, -0.05) is 11.3 Å². The zero-order valence-corrected chi connectivity index (χ0v) is 12.1. The Hall–Kier alpha value is -1.71. The highest BCUT2D eigenvalue weighted by molar-refractivity contribution is 7.89. The fourth-order valence-electron chi connectivity index (χ4n) is 1.53. The van der Waals surface area contributed by atoms with Gasteiger partial charge in [0.05, 0.1) is 6.54 Å². The number of aryl methyl sites for hydroxylation is 1. The molecule has 0 amide bonds. The molecule has 108 valence electrons. The van der Waals surface area contributed by atoms with E-state index in [-0.39, 0.29) is 17.1 Å². The van der Waals surface area contributed by atoms with E-state index in [2.05, 4.69) is 9.71 Å². The number of anilines is 1. The average molecular weight is 317 g/mol. The summed E-state index contributed by atoms with van der Waals surface area (Å²) in [6, 6.07) is 2.14. The molecule has 0 aliphatic rings. The van der Waals surface area contributed by atoms with E-state index in [4.69, 9.17) is 5.73 Å². The van der Waals surface area contributed by atoms with Gasteiger partial charge in [0.15, 0.2) is 0 Å². The highest BCUT2D eigenvalue weighted by Gasteiger charge is 2.20. The van der Waals surface area contributed by atoms with Crippen molar-refractivity contribution in [3.05, 3.63) is 44.3 Å². The van der Waals surface area contributed by atoms with E-state index >= 15 is 0 Å². The van der Waals surface area contributed by atoms with Crippen LogP contribution in [0.1, 0.15) is 11.3 Å². The molecule has 1 aromatic heterocycles. The van der Waals surface area contributed by atoms with Crippen LogP contribution in [-0.2, 0) is 16.6 Å². The number of halogens is 1. The quantitative estimate of drug-likeness (QED) is 0.730. The van der Waals surface area contributed by atoms with Crippen LogP contribution in [-0.4, -0.2) is 13.4 Å². The molecule has 4 N–H and O–H groups in total. The van der Waals surface area contributed by atoms with Gasteiger partial charge in [0.2, 0.25) is 10.0 Å². The Morgan fingerprint density at radius 1 is 1.45 bits per heavy atom. The van der Waals surface area contributed by atoms with Crippen molar-refractivity contribution in [2.75, 3.05) is 5.73 Å². The Morgan fingerprint density at radius 3 is 2.75 bits per heavy atom. The summed E-state index contributed by atoms with van der Waals surface area (Å²) in [6.07, 6.45) is 0. The number of thiazole rings is 1. The van der Waals surface area contributed by atoms with Crippen LogP contribution >= 0.6 is 11.3 Å². The Labute approximate surface area is 118 Å². The highest BCUT2D eigenvalue weighted by atomic mass is 32.2. The molecule has 0 spiro atoms. The van der Waals surface area contributed by atoms with Crippen molar-refractivity contribution in [3.63, 3.8) is 0 Å². The van der Waals surface area contributed by atoms with Gasteiger partial charge >= 0.3 is 4.87 Å². The van der Waals surface area contributed by atoms with Crippen molar-refractivity contribution in [2.45, 2.75) is 18.4 Å². The first-order valence-corrected chi connectivity index (χ1v) is 7.88. The molecule has 0 bridgehead atoms. The van der Waals surface area contributed by atoms with E-state index in [1.54, 1.807) is 6.92 Å². The SMILES string of the molecule is Cc1cc(F)c(S(=O)(=O)NCc2csc(=O)[nH]2)cc1N. The van der Waals surface area contributed by atoms with Crippen molar-refractivity contribution in [3.8, 4) is 0 Å². The fourth-order valence-corrected chi connectivity index (χ4v) is 3.21. The van der Waals surface area contributed by atoms with Crippen LogP contribution in [0, 0.1) is 12.7 Å². The third-order valence-electron chi connectivity index (χ3n) is 2.63. The molecule has 0 saturated heterocycles. The zero-order chi connectivity index (χ0) is 14.9. The first-order valence-electron chi connectivity index (χ1n) is 5.51. The Kier molecular flexibility index (Phi) is 3.93. The number of hydrogen-bond acceptors (Lipinski definition) is 5. The van der Waals surface area contributed by atoms with Gasteiger partial charge in [0.1, 0.15) is 10.7 Å². The molecule has 6 nitrogen and oxygen atoms in total. The summed E-state index contributed by atoms with van der Waals surface area (Å²) in [5, 5.41) is 1.49. The normalized spacial score (nSPS) is 11.7. The van der Waals surface area contributed by atoms with Gasteiger partial charge in [-0.15, -0.1) is 0 Å². The third-order valence-corrected chi connectivity index (χ3v) is 4.77. The maximum absolute atomic E-state index is 13.7. The molecule has 9 heteroatoms. The van der Waals surface area contributed by atoms with Crippen molar-refractivity contribution < 1.29 is 12.8 Å². The molecule has 0 fully saturated rings. The lowest BCUT2D eigenvalue weighted by Crippen LogP contribution is -2.25. The van der Waals surface area contributed by atoms with Gasteiger partial charge in [0.25, 0.3) is 0 Å². The Balaban J connectivity index is 2.26. The molecule has 0 saturated carbocycles. The Bertz CT molecular complexity index is 795. The molecular weight excluding hydrogens is 305 g/mol. The molecule has 1 aromatic carbocycles. The van der Waals surface area contributed by atoms with Crippen molar-refractivity contribution in [2.24, 2.45) is 0 Å². The van der Waals surface area contributed by atoms with Gasteiger partial charge in [0, 0.05) is 16.8 Å². The predicted octanol–water partition coefficient (Wildman–Crippen LogP) is 0.945. The summed E-state index contributed by atoms with van der Waals surface area (Å²) in [5.41, 5.74) is 6.65. The van der Waals surface area contributed by atoms with Crippen LogP contribution in [0.5, 0.6) is 0 Å². The van der Waals surface area contributed by atoms with E-state index in [0.717, 1.165) is 23.5 Å². The van der Waals surface area contributed by atoms with Gasteiger partial charge in [-0.3, -0.25) is 4.79 Å². The maximum atomic E-state index is 13.7. The lowest BCUT2D eigenvalue weighted by atomic mass is 10.2. The van der Waals surface area contributed by atoms with Gasteiger partial charge < -0.3 is 10.7 Å². The second-order valence-corrected chi connectivity index (χ2v) is 6.71. The molecule has 0 radical (unpaired) electrons. The van der Waals surface area contributed by atoms with Gasteiger partial charge in [-0.25, -0.2) is 17.5 Å². The van der Waals surface area contributed by atoms with E-state index < -0.39 is 20.7 Å². The van der Waals surface area contributed by atoms with Crippen LogP contribution in [0.25, 0.3) is 0 Å². The first-order chi connectivity index (χ1) is 9.29. The van der Waals surface area contributed by atoms with Crippen LogP contribution in [0.15, 0.2) is 27.2 Å². The number of benzene rings is 1. The molecule has 0 aliphatic heterocycles. The minimum atomic E-state index is -4.04. The van der Waals surface area contributed by atoms with E-state index in [1.807, 2.05) is 0 Å². The molecule has 0 unspecified atom stereocenters. The molecule has 0 aliphatic carbocycles. The van der Waals surface area contributed by atoms with E-state index in [9.17, 15) is 17.6 Å². The first kappa shape index (κ1) is 14.7. The summed E-state index contributed by atoms with van der Waals surface area (Å²) < 4.78 is 39.9. The molecular formula is C11H12FN3O3S2. The van der Waals surface area contributed by atoms with Gasteiger partial charge in [-0.2, -0.15) is 0 Å². The maximum Gasteiger partial charge on any atom is 0.304 e. The van der Waals surface area contributed by atoms with Crippen molar-refractivity contribution in [1.82, 2.24) is 9.71 Å². The standard InChI is InChI=1S/C11H12FN3O3S2/c1-6-2-8(12)10(3-9(6)13)20(17,18)14-4-7-5-19-11(16)15-7/h2-3,5,14H,4,13H2,1H3,(H,15,16). The predicted molar refractivity (Wildman–Crippen MR) is 74.5 cm³/mol. The van der Waals surface area contributed by atoms with Crippen molar-refractivity contribution in [1.29, 1.82) is 0 Å². The molecule has 2 rings (SSSR count). The number of nitrogens with two attached hydrogens (primary N) is 1. The number of nitrogen functional groups attached to an aromatic ring is 1. The minimum absolute atomic E-state index is 0.131. The fraction of sp³-hybridized carbons (Fsp3) is 0.182. The monoisotopic (exact) mass is 317 g/mol. The minimum Gasteiger partial charge on any atom is -0.398 e. The summed E-state index contributed by atoms with van der Waals surface area (Å²) in [5.74, 6) is -0.872. The topological polar surface area (TPSA) is 105 Å². The number of aromatic nitrogens is 1. The van der Waals surface area contributed by atoms with E-state index in [1.165, 1.54) is 5.38 Å². The van der Waals surface area contributed by atoms with Crippen LogP contribution < -0.4 is 15.3 Å². The number of hydrogen-bond donors (Lipinski definition) is 3. The molecule has 20 heavy (non-hydrogen) atoms. The third kappa shape index (κ3) is 3.06. The van der Waals surface area contributed by atoms with Gasteiger partial charge in [-0.05, 0) is 24.6 Å². The van der Waals surface area contributed by atoms with Crippen molar-refractivity contribution >= 4 is 27.0 Å².